The van der Waals surface area contributed by atoms with Gasteiger partial charge in [0.2, 0.25) is 5.89 Å². The van der Waals surface area contributed by atoms with Crippen LogP contribution in [-0.4, -0.2) is 15.1 Å². The van der Waals surface area contributed by atoms with Gasteiger partial charge in [-0.3, -0.25) is 4.79 Å². The fourth-order valence-corrected chi connectivity index (χ4v) is 2.82. The Labute approximate surface area is 147 Å². The maximum atomic E-state index is 12.0. The van der Waals surface area contributed by atoms with E-state index in [1.807, 2.05) is 0 Å². The molecule has 0 spiro atoms. The molecule has 0 saturated heterocycles. The minimum Gasteiger partial charge on any atom is -0.437 e. The minimum absolute atomic E-state index is 0.173. The second kappa shape index (κ2) is 6.47. The summed E-state index contributed by atoms with van der Waals surface area (Å²) < 4.78 is 5.59. The maximum absolute atomic E-state index is 12.0. The number of nitrogens with one attached hydrogen (secondary N) is 2. The second-order valence-corrected chi connectivity index (χ2v) is 6.25. The molecule has 0 saturated carbocycles. The van der Waals surface area contributed by atoms with Crippen LogP contribution in [0.25, 0.3) is 11.1 Å². The molecule has 6 nitrogen and oxygen atoms in total. The molecular weight excluding hydrogens is 353 g/mol. The van der Waals surface area contributed by atoms with Gasteiger partial charge < -0.3 is 19.8 Å². The summed E-state index contributed by atoms with van der Waals surface area (Å²) in [6.45, 7) is 3.54. The highest BCUT2D eigenvalue weighted by Gasteiger charge is 2.14. The molecule has 3 N–H and O–H groups in total. The molecule has 3 rings (SSSR count). The molecule has 0 bridgehead atoms. The number of anilines is 1. The first kappa shape index (κ1) is 16.8. The van der Waals surface area contributed by atoms with Crippen LogP contribution in [0.4, 0.5) is 5.69 Å². The Bertz CT molecular complexity index is 924. The molecule has 0 fully saturated rings. The third kappa shape index (κ3) is 3.13. The first-order valence-electron chi connectivity index (χ1n) is 7.26. The summed E-state index contributed by atoms with van der Waals surface area (Å²) in [5.74, 6) is 0.346. The van der Waals surface area contributed by atoms with E-state index in [-0.39, 0.29) is 12.1 Å². The van der Waals surface area contributed by atoms with E-state index in [9.17, 15) is 9.90 Å². The van der Waals surface area contributed by atoms with Crippen molar-refractivity contribution in [2.45, 2.75) is 26.5 Å². The van der Waals surface area contributed by atoms with Crippen molar-refractivity contribution in [3.63, 3.8) is 0 Å². The quantitative estimate of drug-likeness (QED) is 0.652. The van der Waals surface area contributed by atoms with Crippen LogP contribution >= 0.6 is 23.2 Å². The Balaban J connectivity index is 1.89. The average Bonchev–Trinajstić information content (AvgIpc) is 2.95. The summed E-state index contributed by atoms with van der Waals surface area (Å²) in [5, 5.41) is 13.6. The number of hydrogen-bond donors (Lipinski definition) is 3. The summed E-state index contributed by atoms with van der Waals surface area (Å²) in [6.07, 6.45) is -0.690. The number of hydrogen-bond acceptors (Lipinski definition) is 5. The monoisotopic (exact) mass is 367 g/mol. The topological polar surface area (TPSA) is 91.2 Å². The molecule has 8 heteroatoms. The van der Waals surface area contributed by atoms with Crippen molar-refractivity contribution in [1.82, 2.24) is 9.97 Å². The van der Waals surface area contributed by atoms with Crippen molar-refractivity contribution in [1.29, 1.82) is 0 Å². The van der Waals surface area contributed by atoms with E-state index in [1.54, 1.807) is 32.0 Å². The number of nitrogens with zero attached hydrogens (tertiary/aromatic N) is 1. The number of H-pyrrole nitrogens is 1. The van der Waals surface area contributed by atoms with Crippen LogP contribution in [0.2, 0.25) is 10.0 Å². The lowest BCUT2D eigenvalue weighted by molar-refractivity contribution is 0.198. The Kier molecular flexibility index (Phi) is 4.54. The first-order chi connectivity index (χ1) is 11.4. The lowest BCUT2D eigenvalue weighted by Gasteiger charge is -2.11. The van der Waals surface area contributed by atoms with Crippen molar-refractivity contribution >= 4 is 40.0 Å². The molecule has 1 atom stereocenters. The Morgan fingerprint density at radius 2 is 2.08 bits per heavy atom. The summed E-state index contributed by atoms with van der Waals surface area (Å²) >= 11 is 12.1. The molecule has 126 valence electrons. The van der Waals surface area contributed by atoms with E-state index in [0.29, 0.717) is 44.0 Å². The van der Waals surface area contributed by atoms with Gasteiger partial charge >= 0.3 is 0 Å². The fourth-order valence-electron chi connectivity index (χ4n) is 2.44. The number of rotatable bonds is 4. The number of fused-ring (bicyclic) bond motifs is 1. The molecule has 2 heterocycles. The van der Waals surface area contributed by atoms with Gasteiger partial charge in [0, 0.05) is 11.3 Å². The molecule has 0 aliphatic carbocycles. The standard InChI is InChI=1S/C16H15Cl2N3O3/c1-7-9(8(2)22)5-12(16(23)20-7)19-6-13-21-14-10(17)3-4-11(18)15(14)24-13/h3-5,8,19,22H,6H2,1-2H3,(H,20,23). The van der Waals surface area contributed by atoms with Gasteiger partial charge in [-0.2, -0.15) is 0 Å². The predicted octanol–water partition coefficient (Wildman–Crippen LogP) is 3.80. The molecule has 1 aromatic carbocycles. The molecule has 0 aliphatic heterocycles. The van der Waals surface area contributed by atoms with E-state index in [0.717, 1.165) is 0 Å². The van der Waals surface area contributed by atoms with Crippen LogP contribution < -0.4 is 10.9 Å². The molecule has 24 heavy (non-hydrogen) atoms. The van der Waals surface area contributed by atoms with Gasteiger partial charge in [0.25, 0.3) is 5.56 Å². The molecule has 0 amide bonds. The van der Waals surface area contributed by atoms with E-state index < -0.39 is 6.10 Å². The molecule has 2 aromatic heterocycles. The Morgan fingerprint density at radius 1 is 1.38 bits per heavy atom. The van der Waals surface area contributed by atoms with Crippen molar-refractivity contribution in [2.75, 3.05) is 5.32 Å². The van der Waals surface area contributed by atoms with Gasteiger partial charge in [0.05, 0.1) is 22.7 Å². The minimum atomic E-state index is -0.690. The first-order valence-corrected chi connectivity index (χ1v) is 8.01. The van der Waals surface area contributed by atoms with Crippen molar-refractivity contribution in [3.8, 4) is 0 Å². The molecular formula is C16H15Cl2N3O3. The number of pyridine rings is 1. The van der Waals surface area contributed by atoms with E-state index in [2.05, 4.69) is 15.3 Å². The summed E-state index contributed by atoms with van der Waals surface area (Å²) in [6, 6.07) is 4.89. The average molecular weight is 368 g/mol. The number of oxazole rings is 1. The van der Waals surface area contributed by atoms with Gasteiger partial charge in [-0.1, -0.05) is 23.2 Å². The van der Waals surface area contributed by atoms with Crippen LogP contribution in [0.15, 0.2) is 27.4 Å². The molecule has 3 aromatic rings. The van der Waals surface area contributed by atoms with Crippen molar-refractivity contribution in [3.05, 3.63) is 55.7 Å². The molecule has 1 unspecified atom stereocenters. The fraction of sp³-hybridized carbons (Fsp3) is 0.250. The van der Waals surface area contributed by atoms with E-state index >= 15 is 0 Å². The number of aliphatic hydroxyl groups excluding tert-OH is 1. The van der Waals surface area contributed by atoms with Crippen LogP contribution in [0.5, 0.6) is 0 Å². The highest BCUT2D eigenvalue weighted by atomic mass is 35.5. The number of aromatic amines is 1. The smallest absolute Gasteiger partial charge is 0.271 e. The summed E-state index contributed by atoms with van der Waals surface area (Å²) in [7, 11) is 0. The SMILES string of the molecule is Cc1[nH]c(=O)c(NCc2nc3c(Cl)ccc(Cl)c3o2)cc1C(C)O. The third-order valence-corrected chi connectivity index (χ3v) is 4.25. The normalized spacial score (nSPS) is 12.5. The van der Waals surface area contributed by atoms with Gasteiger partial charge in [0.1, 0.15) is 11.2 Å². The number of benzene rings is 1. The summed E-state index contributed by atoms with van der Waals surface area (Å²) in [5.41, 5.74) is 2.17. The molecule has 0 radical (unpaired) electrons. The molecule has 0 aliphatic rings. The van der Waals surface area contributed by atoms with Crippen molar-refractivity contribution in [2.24, 2.45) is 0 Å². The number of aliphatic hydroxyl groups is 1. The second-order valence-electron chi connectivity index (χ2n) is 5.44. The zero-order valence-electron chi connectivity index (χ0n) is 13.0. The van der Waals surface area contributed by atoms with Crippen LogP contribution in [0.1, 0.15) is 30.2 Å². The van der Waals surface area contributed by atoms with Crippen LogP contribution in [0.3, 0.4) is 0 Å². The predicted molar refractivity (Wildman–Crippen MR) is 93.8 cm³/mol. The highest BCUT2D eigenvalue weighted by Crippen LogP contribution is 2.30. The van der Waals surface area contributed by atoms with Gasteiger partial charge in [-0.05, 0) is 32.0 Å². The van der Waals surface area contributed by atoms with E-state index in [4.69, 9.17) is 27.6 Å². The number of aryl methyl sites for hydroxylation is 1. The summed E-state index contributed by atoms with van der Waals surface area (Å²) in [4.78, 5) is 19.0. The van der Waals surface area contributed by atoms with Gasteiger partial charge in [-0.25, -0.2) is 4.98 Å². The lowest BCUT2D eigenvalue weighted by Crippen LogP contribution is -2.17. The number of halogens is 2. The maximum Gasteiger partial charge on any atom is 0.271 e. The van der Waals surface area contributed by atoms with Crippen LogP contribution in [0, 0.1) is 6.92 Å². The Morgan fingerprint density at radius 3 is 2.75 bits per heavy atom. The number of aromatic nitrogens is 2. The third-order valence-electron chi connectivity index (χ3n) is 3.65. The van der Waals surface area contributed by atoms with Crippen LogP contribution in [-0.2, 0) is 6.54 Å². The van der Waals surface area contributed by atoms with E-state index in [1.165, 1.54) is 0 Å². The van der Waals surface area contributed by atoms with Gasteiger partial charge in [0.15, 0.2) is 5.58 Å². The van der Waals surface area contributed by atoms with Gasteiger partial charge in [-0.15, -0.1) is 0 Å². The highest BCUT2D eigenvalue weighted by molar-refractivity contribution is 6.39. The zero-order valence-corrected chi connectivity index (χ0v) is 14.5. The largest absolute Gasteiger partial charge is 0.437 e. The van der Waals surface area contributed by atoms with Crippen molar-refractivity contribution < 1.29 is 9.52 Å². The zero-order chi connectivity index (χ0) is 17.4. The Hall–Kier alpha value is -2.02. The lowest BCUT2D eigenvalue weighted by atomic mass is 10.1.